The fraction of sp³-hybridized carbons (Fsp3) is 0.538. The van der Waals surface area contributed by atoms with Crippen LogP contribution in [0.25, 0.3) is 0 Å². The van der Waals surface area contributed by atoms with E-state index in [2.05, 4.69) is 39.4 Å². The third-order valence-electron chi connectivity index (χ3n) is 3.14. The number of hydrogen-bond donors (Lipinski definition) is 1. The van der Waals surface area contributed by atoms with Crippen molar-refractivity contribution in [3.63, 3.8) is 0 Å². The minimum Gasteiger partial charge on any atom is -0.496 e. The van der Waals surface area contributed by atoms with Gasteiger partial charge in [-0.05, 0) is 71.9 Å². The van der Waals surface area contributed by atoms with E-state index >= 15 is 0 Å². The molecule has 16 heavy (non-hydrogen) atoms. The van der Waals surface area contributed by atoms with Crippen LogP contribution in [-0.4, -0.2) is 20.2 Å². The van der Waals surface area contributed by atoms with Gasteiger partial charge < -0.3 is 10.1 Å². The highest BCUT2D eigenvalue weighted by molar-refractivity contribution is 9.10. The van der Waals surface area contributed by atoms with Gasteiger partial charge in [-0.3, -0.25) is 0 Å². The van der Waals surface area contributed by atoms with E-state index < -0.39 is 0 Å². The van der Waals surface area contributed by atoms with Crippen molar-refractivity contribution >= 4 is 15.9 Å². The zero-order valence-electron chi connectivity index (χ0n) is 9.63. The summed E-state index contributed by atoms with van der Waals surface area (Å²) in [4.78, 5) is 0. The molecule has 0 radical (unpaired) electrons. The summed E-state index contributed by atoms with van der Waals surface area (Å²) in [7, 11) is 1.71. The van der Waals surface area contributed by atoms with E-state index in [4.69, 9.17) is 4.74 Å². The predicted octanol–water partition coefficient (Wildman–Crippen LogP) is 3.00. The zero-order chi connectivity index (χ0) is 11.4. The molecule has 2 nitrogen and oxygen atoms in total. The lowest BCUT2D eigenvalue weighted by atomic mass is 9.92. The third kappa shape index (κ3) is 2.98. The zero-order valence-corrected chi connectivity index (χ0v) is 11.2. The molecule has 1 heterocycles. The molecular formula is C13H18BrNO. The first-order chi connectivity index (χ1) is 7.79. The van der Waals surface area contributed by atoms with Crippen LogP contribution >= 0.6 is 15.9 Å². The first-order valence-corrected chi connectivity index (χ1v) is 6.62. The number of piperidine rings is 1. The summed E-state index contributed by atoms with van der Waals surface area (Å²) in [6, 6.07) is 6.39. The van der Waals surface area contributed by atoms with Crippen LogP contribution in [0.5, 0.6) is 5.75 Å². The largest absolute Gasteiger partial charge is 0.496 e. The topological polar surface area (TPSA) is 21.3 Å². The minimum atomic E-state index is 0.777. The van der Waals surface area contributed by atoms with Crippen molar-refractivity contribution in [3.05, 3.63) is 28.2 Å². The van der Waals surface area contributed by atoms with Gasteiger partial charge in [-0.1, -0.05) is 6.07 Å². The van der Waals surface area contributed by atoms with Gasteiger partial charge in [-0.15, -0.1) is 0 Å². The van der Waals surface area contributed by atoms with Gasteiger partial charge in [0.15, 0.2) is 0 Å². The predicted molar refractivity (Wildman–Crippen MR) is 70.0 cm³/mol. The average Bonchev–Trinajstić information content (AvgIpc) is 2.33. The highest BCUT2D eigenvalue weighted by Gasteiger charge is 2.14. The van der Waals surface area contributed by atoms with Crippen LogP contribution in [0.1, 0.15) is 18.4 Å². The average molecular weight is 284 g/mol. The second-order valence-corrected chi connectivity index (χ2v) is 5.24. The van der Waals surface area contributed by atoms with Gasteiger partial charge in [0.25, 0.3) is 0 Å². The molecule has 0 bridgehead atoms. The van der Waals surface area contributed by atoms with E-state index in [1.807, 2.05) is 0 Å². The molecule has 0 aromatic heterocycles. The SMILES string of the molecule is COc1cc(CC2CCCNC2)ccc1Br. The Balaban J connectivity index is 2.03. The molecule has 0 spiro atoms. The normalized spacial score (nSPS) is 20.8. The summed E-state index contributed by atoms with van der Waals surface area (Å²) < 4.78 is 6.34. The van der Waals surface area contributed by atoms with Crippen LogP contribution in [0.3, 0.4) is 0 Å². The van der Waals surface area contributed by atoms with Crippen molar-refractivity contribution in [1.82, 2.24) is 5.32 Å². The first-order valence-electron chi connectivity index (χ1n) is 5.82. The van der Waals surface area contributed by atoms with Crippen LogP contribution in [0, 0.1) is 5.92 Å². The Labute approximate surface area is 106 Å². The molecule has 1 aliphatic rings. The summed E-state index contributed by atoms with van der Waals surface area (Å²) in [5.41, 5.74) is 1.37. The Kier molecular flexibility index (Phi) is 4.24. The monoisotopic (exact) mass is 283 g/mol. The van der Waals surface area contributed by atoms with Crippen LogP contribution < -0.4 is 10.1 Å². The molecule has 1 atom stereocenters. The van der Waals surface area contributed by atoms with Gasteiger partial charge in [0.1, 0.15) is 5.75 Å². The van der Waals surface area contributed by atoms with E-state index in [9.17, 15) is 0 Å². The highest BCUT2D eigenvalue weighted by atomic mass is 79.9. The summed E-state index contributed by atoms with van der Waals surface area (Å²) in [5, 5.41) is 3.45. The van der Waals surface area contributed by atoms with Gasteiger partial charge in [0.2, 0.25) is 0 Å². The van der Waals surface area contributed by atoms with Crippen molar-refractivity contribution < 1.29 is 4.74 Å². The quantitative estimate of drug-likeness (QED) is 0.921. The molecule has 1 fully saturated rings. The summed E-state index contributed by atoms with van der Waals surface area (Å²) >= 11 is 3.48. The van der Waals surface area contributed by atoms with E-state index in [1.54, 1.807) is 7.11 Å². The van der Waals surface area contributed by atoms with Gasteiger partial charge in [-0.25, -0.2) is 0 Å². The number of benzene rings is 1. The van der Waals surface area contributed by atoms with Crippen molar-refractivity contribution in [2.75, 3.05) is 20.2 Å². The minimum absolute atomic E-state index is 0.777. The van der Waals surface area contributed by atoms with E-state index in [-0.39, 0.29) is 0 Å². The Morgan fingerprint density at radius 2 is 2.38 bits per heavy atom. The fourth-order valence-corrected chi connectivity index (χ4v) is 2.67. The molecule has 1 N–H and O–H groups in total. The summed E-state index contributed by atoms with van der Waals surface area (Å²) in [6.45, 7) is 2.33. The van der Waals surface area contributed by atoms with Crippen molar-refractivity contribution in [2.45, 2.75) is 19.3 Å². The summed E-state index contributed by atoms with van der Waals surface area (Å²) in [6.07, 6.45) is 3.79. The van der Waals surface area contributed by atoms with Crippen molar-refractivity contribution in [1.29, 1.82) is 0 Å². The van der Waals surface area contributed by atoms with E-state index in [1.165, 1.54) is 24.9 Å². The molecule has 0 saturated carbocycles. The third-order valence-corrected chi connectivity index (χ3v) is 3.79. The van der Waals surface area contributed by atoms with Gasteiger partial charge in [-0.2, -0.15) is 0 Å². The lowest BCUT2D eigenvalue weighted by molar-refractivity contribution is 0.374. The molecule has 1 aliphatic heterocycles. The number of nitrogens with one attached hydrogen (secondary N) is 1. The number of halogens is 1. The molecular weight excluding hydrogens is 266 g/mol. The maximum atomic E-state index is 5.31. The number of ether oxygens (including phenoxy) is 1. The molecule has 1 aromatic carbocycles. The molecule has 0 aliphatic carbocycles. The van der Waals surface area contributed by atoms with Gasteiger partial charge >= 0.3 is 0 Å². The van der Waals surface area contributed by atoms with Crippen LogP contribution in [0.4, 0.5) is 0 Å². The van der Waals surface area contributed by atoms with Gasteiger partial charge in [0, 0.05) is 0 Å². The first kappa shape index (κ1) is 11.9. The van der Waals surface area contributed by atoms with E-state index in [0.717, 1.165) is 29.1 Å². The Morgan fingerprint density at radius 1 is 1.50 bits per heavy atom. The molecule has 2 rings (SSSR count). The molecule has 0 amide bonds. The van der Waals surface area contributed by atoms with Crippen molar-refractivity contribution in [3.8, 4) is 5.75 Å². The lowest BCUT2D eigenvalue weighted by Crippen LogP contribution is -2.30. The second kappa shape index (κ2) is 5.69. The number of methoxy groups -OCH3 is 1. The Morgan fingerprint density at radius 3 is 3.06 bits per heavy atom. The number of rotatable bonds is 3. The summed E-state index contributed by atoms with van der Waals surface area (Å²) in [5.74, 6) is 1.71. The lowest BCUT2D eigenvalue weighted by Gasteiger charge is -2.22. The highest BCUT2D eigenvalue weighted by Crippen LogP contribution is 2.27. The fourth-order valence-electron chi connectivity index (χ4n) is 2.26. The van der Waals surface area contributed by atoms with Gasteiger partial charge in [0.05, 0.1) is 11.6 Å². The molecule has 3 heteroatoms. The van der Waals surface area contributed by atoms with Crippen LogP contribution in [0.15, 0.2) is 22.7 Å². The molecule has 88 valence electrons. The number of hydrogen-bond acceptors (Lipinski definition) is 2. The Bertz CT molecular complexity index is 348. The standard InChI is InChI=1S/C13H18BrNO/c1-16-13-8-10(4-5-12(13)14)7-11-3-2-6-15-9-11/h4-5,8,11,15H,2-3,6-7,9H2,1H3. The van der Waals surface area contributed by atoms with E-state index in [0.29, 0.717) is 0 Å². The van der Waals surface area contributed by atoms with Crippen molar-refractivity contribution in [2.24, 2.45) is 5.92 Å². The van der Waals surface area contributed by atoms with Crippen LogP contribution in [0.2, 0.25) is 0 Å². The molecule has 1 saturated heterocycles. The molecule has 1 aromatic rings. The maximum absolute atomic E-state index is 5.31. The molecule has 1 unspecified atom stereocenters. The smallest absolute Gasteiger partial charge is 0.133 e. The second-order valence-electron chi connectivity index (χ2n) is 4.39. The van der Waals surface area contributed by atoms with Crippen LogP contribution in [-0.2, 0) is 6.42 Å². The maximum Gasteiger partial charge on any atom is 0.133 e. The Hall–Kier alpha value is -0.540.